The summed E-state index contributed by atoms with van der Waals surface area (Å²) in [4.78, 5) is 0. The van der Waals surface area contributed by atoms with Gasteiger partial charge in [0.15, 0.2) is 0 Å². The van der Waals surface area contributed by atoms with E-state index in [1.54, 1.807) is 53.2 Å². The largest absolute Gasteiger partial charge is 0.231 e. The Balaban J connectivity index is 2.00. The summed E-state index contributed by atoms with van der Waals surface area (Å²) in [6.45, 7) is 0. The molecule has 2 nitrogen and oxygen atoms in total. The third kappa shape index (κ3) is 4.16. The van der Waals surface area contributed by atoms with Crippen LogP contribution in [0.5, 0.6) is 0 Å². The third-order valence-electron chi connectivity index (χ3n) is 4.36. The molecule has 0 aliphatic carbocycles. The molecule has 9 heteroatoms. The monoisotopic (exact) mass is 534 g/mol. The van der Waals surface area contributed by atoms with E-state index < -0.39 is 0 Å². The third-order valence-corrected chi connectivity index (χ3v) is 6.94. The summed E-state index contributed by atoms with van der Waals surface area (Å²) in [5.41, 5.74) is 3.21. The van der Waals surface area contributed by atoms with Gasteiger partial charge in [0.2, 0.25) is 0 Å². The minimum absolute atomic E-state index is 0.386. The number of hydrogen-bond acceptors (Lipinski definition) is 1. The zero-order chi connectivity index (χ0) is 21.6. The molecule has 0 aliphatic rings. The minimum atomic E-state index is 0.386. The molecule has 0 radical (unpaired) electrons. The topological polar surface area (TPSA) is 17.8 Å². The van der Waals surface area contributed by atoms with Crippen LogP contribution in [0.1, 0.15) is 0 Å². The van der Waals surface area contributed by atoms with Crippen LogP contribution in [0.25, 0.3) is 28.2 Å². The first-order chi connectivity index (χ1) is 14.3. The second-order valence-corrected chi connectivity index (χ2v) is 9.10. The molecule has 3 aromatic carbocycles. The van der Waals surface area contributed by atoms with E-state index in [0.717, 1.165) is 5.56 Å². The van der Waals surface area contributed by atoms with E-state index in [-0.39, 0.29) is 0 Å². The Morgan fingerprint density at radius 3 is 1.60 bits per heavy atom. The molecule has 0 bridgehead atoms. The molecule has 152 valence electrons. The van der Waals surface area contributed by atoms with E-state index in [4.69, 9.17) is 86.3 Å². The van der Waals surface area contributed by atoms with Crippen LogP contribution in [-0.4, -0.2) is 9.78 Å². The van der Waals surface area contributed by atoms with Gasteiger partial charge in [-0.25, -0.2) is 4.68 Å². The van der Waals surface area contributed by atoms with Crippen LogP contribution in [0, 0.1) is 0 Å². The predicted octanol–water partition coefficient (Wildman–Crippen LogP) is 9.78. The van der Waals surface area contributed by atoms with Gasteiger partial charge in [0.05, 0.1) is 46.5 Å². The number of nitrogens with zero attached hydrogens (tertiary/aromatic N) is 2. The lowest BCUT2D eigenvalue weighted by molar-refractivity contribution is 0.892. The Kier molecular flexibility index (Phi) is 6.48. The highest BCUT2D eigenvalue weighted by atomic mass is 35.5. The molecule has 0 saturated carbocycles. The number of benzene rings is 3. The van der Waals surface area contributed by atoms with Gasteiger partial charge in [0.1, 0.15) is 5.69 Å². The van der Waals surface area contributed by atoms with E-state index in [9.17, 15) is 0 Å². The van der Waals surface area contributed by atoms with Gasteiger partial charge in [-0.15, -0.1) is 0 Å². The van der Waals surface area contributed by atoms with Crippen molar-refractivity contribution in [2.45, 2.75) is 0 Å². The molecule has 0 saturated heterocycles. The normalized spacial score (nSPS) is 11.2. The maximum absolute atomic E-state index is 6.81. The second-order valence-electron chi connectivity index (χ2n) is 6.28. The summed E-state index contributed by atoms with van der Waals surface area (Å²) in [5.74, 6) is 0. The van der Waals surface area contributed by atoms with Crippen molar-refractivity contribution in [1.29, 1.82) is 0 Å². The molecular formula is C21H9Cl7N2. The summed E-state index contributed by atoms with van der Waals surface area (Å²) in [7, 11) is 0. The number of aromatic nitrogens is 2. The van der Waals surface area contributed by atoms with Crippen molar-refractivity contribution in [3.8, 4) is 28.2 Å². The Hall–Kier alpha value is -1.10. The first-order valence-corrected chi connectivity index (χ1v) is 11.1. The van der Waals surface area contributed by atoms with E-state index in [1.807, 2.05) is 6.07 Å². The molecule has 0 N–H and O–H groups in total. The highest BCUT2D eigenvalue weighted by molar-refractivity contribution is 6.43. The fourth-order valence-corrected chi connectivity index (χ4v) is 4.15. The molecule has 0 amide bonds. The molecular weight excluding hydrogens is 528 g/mol. The lowest BCUT2D eigenvalue weighted by Gasteiger charge is -2.10. The second kappa shape index (κ2) is 8.80. The Morgan fingerprint density at radius 1 is 0.533 bits per heavy atom. The van der Waals surface area contributed by atoms with Crippen molar-refractivity contribution in [2.24, 2.45) is 0 Å². The number of hydrogen-bond donors (Lipinski definition) is 0. The summed E-state index contributed by atoms with van der Waals surface area (Å²) >= 11 is 43.7. The maximum atomic E-state index is 6.81. The SMILES string of the molecule is Clc1ccc(-c2nn(-c3ccc(Cl)c(Cl)c3)c(-c3ccc(Cl)c(Cl)c3)c2Cl)cc1Cl. The molecule has 1 heterocycles. The van der Waals surface area contributed by atoms with Crippen molar-refractivity contribution >= 4 is 81.2 Å². The van der Waals surface area contributed by atoms with Gasteiger partial charge in [-0.2, -0.15) is 5.10 Å². The average molecular weight is 537 g/mol. The molecule has 4 aromatic rings. The van der Waals surface area contributed by atoms with E-state index in [1.165, 1.54) is 0 Å². The highest BCUT2D eigenvalue weighted by Crippen LogP contribution is 2.41. The summed E-state index contributed by atoms with van der Waals surface area (Å²) in [5, 5.41) is 7.60. The van der Waals surface area contributed by atoms with Gasteiger partial charge in [-0.3, -0.25) is 0 Å². The minimum Gasteiger partial charge on any atom is -0.231 e. The standard InChI is InChI=1S/C21H9Cl7N2/c22-13-4-1-10(7-16(13)25)20-19(28)21(11-2-5-14(23)17(26)8-11)30(29-20)12-3-6-15(24)18(27)9-12/h1-9H. The van der Waals surface area contributed by atoms with Crippen LogP contribution in [0.3, 0.4) is 0 Å². The zero-order valence-electron chi connectivity index (χ0n) is 14.7. The predicted molar refractivity (Wildman–Crippen MR) is 130 cm³/mol. The van der Waals surface area contributed by atoms with Crippen molar-refractivity contribution in [2.75, 3.05) is 0 Å². The van der Waals surface area contributed by atoms with Crippen LogP contribution in [0.4, 0.5) is 0 Å². The van der Waals surface area contributed by atoms with Gasteiger partial charge in [-0.05, 0) is 42.5 Å². The van der Waals surface area contributed by atoms with E-state index >= 15 is 0 Å². The van der Waals surface area contributed by atoms with Crippen molar-refractivity contribution in [3.05, 3.63) is 89.8 Å². The average Bonchev–Trinajstić information content (AvgIpc) is 3.05. The molecule has 0 aliphatic heterocycles. The Labute approximate surface area is 207 Å². The van der Waals surface area contributed by atoms with Crippen molar-refractivity contribution in [3.63, 3.8) is 0 Å². The molecule has 0 spiro atoms. The van der Waals surface area contributed by atoms with Gasteiger partial charge in [-0.1, -0.05) is 93.3 Å². The summed E-state index contributed by atoms with van der Waals surface area (Å²) < 4.78 is 1.67. The first-order valence-electron chi connectivity index (χ1n) is 8.41. The fraction of sp³-hybridized carbons (Fsp3) is 0. The maximum Gasteiger partial charge on any atom is 0.112 e. The molecule has 30 heavy (non-hydrogen) atoms. The quantitative estimate of drug-likeness (QED) is 0.254. The van der Waals surface area contributed by atoms with Gasteiger partial charge >= 0.3 is 0 Å². The molecule has 1 aromatic heterocycles. The van der Waals surface area contributed by atoms with E-state index in [2.05, 4.69) is 0 Å². The lowest BCUT2D eigenvalue weighted by atomic mass is 10.1. The van der Waals surface area contributed by atoms with Gasteiger partial charge in [0, 0.05) is 11.1 Å². The summed E-state index contributed by atoms with van der Waals surface area (Å²) in [6, 6.07) is 15.6. The van der Waals surface area contributed by atoms with Crippen LogP contribution in [-0.2, 0) is 0 Å². The zero-order valence-corrected chi connectivity index (χ0v) is 20.0. The highest BCUT2D eigenvalue weighted by Gasteiger charge is 2.22. The lowest BCUT2D eigenvalue weighted by Crippen LogP contribution is -1.99. The van der Waals surface area contributed by atoms with Crippen LogP contribution in [0.15, 0.2) is 54.6 Å². The summed E-state index contributed by atoms with van der Waals surface area (Å²) in [6.07, 6.45) is 0. The fourth-order valence-electron chi connectivity index (χ4n) is 2.92. The number of halogens is 7. The van der Waals surface area contributed by atoms with Crippen molar-refractivity contribution in [1.82, 2.24) is 9.78 Å². The van der Waals surface area contributed by atoms with Crippen LogP contribution in [0.2, 0.25) is 35.2 Å². The van der Waals surface area contributed by atoms with E-state index in [0.29, 0.717) is 57.8 Å². The molecule has 0 atom stereocenters. The Bertz CT molecular complexity index is 1280. The first kappa shape index (κ1) is 22.1. The van der Waals surface area contributed by atoms with Crippen LogP contribution >= 0.6 is 81.2 Å². The number of rotatable bonds is 3. The molecule has 0 unspecified atom stereocenters. The smallest absolute Gasteiger partial charge is 0.112 e. The Morgan fingerprint density at radius 2 is 1.03 bits per heavy atom. The van der Waals surface area contributed by atoms with Gasteiger partial charge < -0.3 is 0 Å². The van der Waals surface area contributed by atoms with Gasteiger partial charge in [0.25, 0.3) is 0 Å². The molecule has 4 rings (SSSR count). The van der Waals surface area contributed by atoms with Crippen LogP contribution < -0.4 is 0 Å². The van der Waals surface area contributed by atoms with Crippen molar-refractivity contribution < 1.29 is 0 Å². The molecule has 0 fully saturated rings.